The maximum absolute atomic E-state index is 12.3. The number of likely N-dealkylation sites (N-methyl/N-ethyl adjacent to an activating group) is 2. The Bertz CT molecular complexity index is 1510. The number of thioether (sulfide) groups is 2. The first-order valence-corrected chi connectivity index (χ1v) is 15.7. The minimum Gasteiger partial charge on any atom is -0.480 e. The molecule has 0 fully saturated rings. The summed E-state index contributed by atoms with van der Waals surface area (Å²) in [5.74, 6) is 3.30. The van der Waals surface area contributed by atoms with E-state index in [-0.39, 0.29) is 11.8 Å². The molecule has 0 aromatic heterocycles. The standard InChI is InChI=1S/C17H17NO2S.C16H18N2O3S/c1-18-14-11-21-17-9-5-8-16(13(17)10-15(14)19)20-12-6-3-2-4-7-12;1-18-12(16(19)20)10-22-14-9-5-8-13(15(14)17)21-11-6-3-2-4-7-11/h2-9,14,18H,10-11H2,1H3;2-9,12,18H,10,17H2,1H3,(H,19,20)/t14-;12-/m00/s1. The molecular formula is C33H35N3O5S2. The van der Waals surface area contributed by atoms with Gasteiger partial charge in [-0.1, -0.05) is 48.5 Å². The number of nitrogens with two attached hydrogens (primary N) is 1. The van der Waals surface area contributed by atoms with Gasteiger partial charge in [0, 0.05) is 33.3 Å². The molecule has 4 aromatic carbocycles. The number of nitrogen functional groups attached to an aromatic ring is 1. The van der Waals surface area contributed by atoms with Crippen LogP contribution in [0.25, 0.3) is 0 Å². The maximum atomic E-state index is 12.3. The van der Waals surface area contributed by atoms with Crippen LogP contribution in [0.1, 0.15) is 5.56 Å². The summed E-state index contributed by atoms with van der Waals surface area (Å²) in [5, 5.41) is 14.9. The van der Waals surface area contributed by atoms with E-state index >= 15 is 0 Å². The maximum Gasteiger partial charge on any atom is 0.321 e. The Labute approximate surface area is 260 Å². The van der Waals surface area contributed by atoms with Gasteiger partial charge in [0.2, 0.25) is 0 Å². The van der Waals surface area contributed by atoms with E-state index in [1.807, 2.05) is 92.0 Å². The third-order valence-electron chi connectivity index (χ3n) is 6.60. The van der Waals surface area contributed by atoms with Crippen LogP contribution in [-0.2, 0) is 16.0 Å². The van der Waals surface area contributed by atoms with Gasteiger partial charge in [0.05, 0.1) is 11.7 Å². The number of para-hydroxylation sites is 3. The predicted molar refractivity (Wildman–Crippen MR) is 174 cm³/mol. The molecule has 1 aliphatic rings. The van der Waals surface area contributed by atoms with E-state index in [0.29, 0.717) is 29.4 Å². The molecule has 43 heavy (non-hydrogen) atoms. The quantitative estimate of drug-likeness (QED) is 0.122. The highest BCUT2D eigenvalue weighted by molar-refractivity contribution is 7.99. The van der Waals surface area contributed by atoms with E-state index in [4.69, 9.17) is 20.3 Å². The number of carboxylic acids is 1. The largest absolute Gasteiger partial charge is 0.480 e. The molecule has 0 radical (unpaired) electrons. The Kier molecular flexibility index (Phi) is 11.9. The van der Waals surface area contributed by atoms with Gasteiger partial charge in [-0.25, -0.2) is 0 Å². The second kappa shape index (κ2) is 16.0. The first-order chi connectivity index (χ1) is 20.9. The number of carboxylic acid groups (broad SMARTS) is 1. The molecule has 10 heteroatoms. The molecular weight excluding hydrogens is 583 g/mol. The van der Waals surface area contributed by atoms with Gasteiger partial charge < -0.3 is 30.9 Å². The first-order valence-electron chi connectivity index (χ1n) is 13.7. The second-order valence-electron chi connectivity index (χ2n) is 9.52. The van der Waals surface area contributed by atoms with E-state index in [2.05, 4.69) is 16.7 Å². The summed E-state index contributed by atoms with van der Waals surface area (Å²) in [6, 6.07) is 29.8. The zero-order chi connectivity index (χ0) is 30.6. The molecule has 0 saturated heterocycles. The molecule has 0 amide bonds. The summed E-state index contributed by atoms with van der Waals surface area (Å²) in [6.45, 7) is 0. The number of ketones is 1. The van der Waals surface area contributed by atoms with Gasteiger partial charge in [0.15, 0.2) is 11.5 Å². The van der Waals surface area contributed by atoms with Crippen molar-refractivity contribution in [3.63, 3.8) is 0 Å². The number of carbonyl (C=O) groups excluding carboxylic acids is 1. The molecule has 1 heterocycles. The first kappa shape index (κ1) is 32.0. The topological polar surface area (TPSA) is 123 Å². The molecule has 0 spiro atoms. The molecule has 0 saturated carbocycles. The molecule has 224 valence electrons. The van der Waals surface area contributed by atoms with Crippen LogP contribution in [0.4, 0.5) is 5.69 Å². The number of carbonyl (C=O) groups is 2. The fourth-order valence-corrected chi connectivity index (χ4v) is 6.49. The summed E-state index contributed by atoms with van der Waals surface area (Å²) in [4.78, 5) is 25.2. The van der Waals surface area contributed by atoms with E-state index in [0.717, 1.165) is 32.6 Å². The van der Waals surface area contributed by atoms with Crippen LogP contribution >= 0.6 is 23.5 Å². The Morgan fingerprint density at radius 2 is 1.53 bits per heavy atom. The fourth-order valence-electron chi connectivity index (χ4n) is 4.18. The Hall–Kier alpha value is -3.96. The van der Waals surface area contributed by atoms with Gasteiger partial charge in [-0.3, -0.25) is 9.59 Å². The normalized spacial score (nSPS) is 14.8. The average Bonchev–Trinajstić information content (AvgIpc) is 3.19. The highest BCUT2D eigenvalue weighted by Gasteiger charge is 2.25. The molecule has 5 rings (SSSR count). The highest BCUT2D eigenvalue weighted by Crippen LogP contribution is 2.37. The number of benzene rings is 4. The number of anilines is 1. The van der Waals surface area contributed by atoms with Crippen LogP contribution in [0, 0.1) is 0 Å². The van der Waals surface area contributed by atoms with Crippen LogP contribution in [0.15, 0.2) is 107 Å². The van der Waals surface area contributed by atoms with Gasteiger partial charge in [-0.05, 0) is 62.6 Å². The van der Waals surface area contributed by atoms with E-state index < -0.39 is 12.0 Å². The van der Waals surface area contributed by atoms with Crippen molar-refractivity contribution in [2.45, 2.75) is 28.3 Å². The zero-order valence-electron chi connectivity index (χ0n) is 24.0. The van der Waals surface area contributed by atoms with Crippen LogP contribution in [0.3, 0.4) is 0 Å². The molecule has 2 atom stereocenters. The lowest BCUT2D eigenvalue weighted by molar-refractivity contribution is -0.138. The van der Waals surface area contributed by atoms with Gasteiger partial charge in [-0.2, -0.15) is 0 Å². The van der Waals surface area contributed by atoms with Gasteiger partial charge in [0.1, 0.15) is 23.3 Å². The van der Waals surface area contributed by atoms with Gasteiger partial charge in [0.25, 0.3) is 0 Å². The number of nitrogens with one attached hydrogen (secondary N) is 2. The number of fused-ring (bicyclic) bond motifs is 1. The fraction of sp³-hybridized carbons (Fsp3) is 0.212. The van der Waals surface area contributed by atoms with Crippen LogP contribution in [-0.4, -0.2) is 54.5 Å². The Balaban J connectivity index is 0.000000197. The van der Waals surface area contributed by atoms with Crippen molar-refractivity contribution in [2.75, 3.05) is 31.3 Å². The SMILES string of the molecule is CN[C@@H](CSc1cccc(Oc2ccccc2)c1N)C(=O)O.CN[C@H]1CSc2cccc(Oc3ccccc3)c2CC1=O. The second-order valence-corrected chi connectivity index (χ2v) is 11.6. The van der Waals surface area contributed by atoms with E-state index in [1.165, 1.54) is 11.8 Å². The number of rotatable bonds is 10. The molecule has 4 aromatic rings. The zero-order valence-corrected chi connectivity index (χ0v) is 25.6. The van der Waals surface area contributed by atoms with Crippen LogP contribution in [0.5, 0.6) is 23.0 Å². The minimum absolute atomic E-state index is 0.0908. The molecule has 1 aliphatic heterocycles. The number of ether oxygens (including phenoxy) is 2. The summed E-state index contributed by atoms with van der Waals surface area (Å²) in [7, 11) is 3.46. The van der Waals surface area contributed by atoms with Crippen molar-refractivity contribution in [3.8, 4) is 23.0 Å². The third kappa shape index (κ3) is 9.01. The van der Waals surface area contributed by atoms with Crippen LogP contribution < -0.4 is 25.8 Å². The van der Waals surface area contributed by atoms with E-state index in [9.17, 15) is 9.59 Å². The predicted octanol–water partition coefficient (Wildman–Crippen LogP) is 6.11. The number of hydrogen-bond donors (Lipinski definition) is 4. The van der Waals surface area contributed by atoms with Crippen LogP contribution in [0.2, 0.25) is 0 Å². The average molecular weight is 618 g/mol. The lowest BCUT2D eigenvalue weighted by Gasteiger charge is -2.14. The molecule has 0 aliphatic carbocycles. The van der Waals surface area contributed by atoms with Crippen molar-refractivity contribution in [1.29, 1.82) is 0 Å². The van der Waals surface area contributed by atoms with Crippen molar-refractivity contribution < 1.29 is 24.2 Å². The lowest BCUT2D eigenvalue weighted by Crippen LogP contribution is -2.36. The smallest absolute Gasteiger partial charge is 0.321 e. The molecule has 8 nitrogen and oxygen atoms in total. The summed E-state index contributed by atoms with van der Waals surface area (Å²) in [6.07, 6.45) is 0.414. The Morgan fingerprint density at radius 1 is 0.930 bits per heavy atom. The summed E-state index contributed by atoms with van der Waals surface area (Å²) in [5.41, 5.74) is 7.63. The number of aliphatic carboxylic acids is 1. The Morgan fingerprint density at radius 3 is 2.14 bits per heavy atom. The van der Waals surface area contributed by atoms with Crippen molar-refractivity contribution >= 4 is 41.0 Å². The summed E-state index contributed by atoms with van der Waals surface area (Å²) >= 11 is 3.09. The molecule has 0 unspecified atom stereocenters. The van der Waals surface area contributed by atoms with Crippen molar-refractivity contribution in [1.82, 2.24) is 10.6 Å². The number of Topliss-reactive ketones (excluding diaryl/α,β-unsaturated/α-hetero) is 1. The highest BCUT2D eigenvalue weighted by atomic mass is 32.2. The minimum atomic E-state index is -0.884. The van der Waals surface area contributed by atoms with E-state index in [1.54, 1.807) is 24.9 Å². The van der Waals surface area contributed by atoms with Crippen molar-refractivity contribution in [3.05, 3.63) is 103 Å². The molecule has 5 N–H and O–H groups in total. The molecule has 0 bridgehead atoms. The number of hydrogen-bond acceptors (Lipinski definition) is 9. The summed E-state index contributed by atoms with van der Waals surface area (Å²) < 4.78 is 11.7. The lowest BCUT2D eigenvalue weighted by atomic mass is 10.0. The van der Waals surface area contributed by atoms with Gasteiger partial charge >= 0.3 is 5.97 Å². The van der Waals surface area contributed by atoms with Crippen molar-refractivity contribution in [2.24, 2.45) is 0 Å². The third-order valence-corrected chi connectivity index (χ3v) is 8.96. The monoisotopic (exact) mass is 617 g/mol. The van der Waals surface area contributed by atoms with Gasteiger partial charge in [-0.15, -0.1) is 23.5 Å².